The first-order valence-electron chi connectivity index (χ1n) is 8.55. The number of piperidine rings is 1. The number of hydrogen-bond acceptors (Lipinski definition) is 4. The number of rotatable bonds is 3. The van der Waals surface area contributed by atoms with E-state index in [1.165, 1.54) is 6.92 Å². The molecule has 6 heteroatoms. The minimum absolute atomic E-state index is 0.118. The van der Waals surface area contributed by atoms with Gasteiger partial charge in [-0.15, -0.1) is 0 Å². The molecule has 1 aliphatic rings. The van der Waals surface area contributed by atoms with E-state index in [0.717, 1.165) is 0 Å². The first-order chi connectivity index (χ1) is 11.7. The molecule has 2 rings (SSSR count). The van der Waals surface area contributed by atoms with Crippen molar-refractivity contribution in [3.8, 4) is 5.75 Å². The van der Waals surface area contributed by atoms with Gasteiger partial charge in [-0.1, -0.05) is 20.8 Å². The van der Waals surface area contributed by atoms with Crippen LogP contribution in [-0.2, 0) is 14.4 Å². The van der Waals surface area contributed by atoms with E-state index in [1.54, 1.807) is 24.3 Å². The van der Waals surface area contributed by atoms with Crippen LogP contribution in [0, 0.1) is 11.3 Å². The molecule has 1 aliphatic heterocycles. The van der Waals surface area contributed by atoms with Crippen LogP contribution >= 0.6 is 0 Å². The second kappa shape index (κ2) is 7.68. The Morgan fingerprint density at radius 2 is 1.64 bits per heavy atom. The van der Waals surface area contributed by atoms with Crippen LogP contribution in [-0.4, -0.2) is 35.8 Å². The summed E-state index contributed by atoms with van der Waals surface area (Å²) in [6, 6.07) is 6.69. The Hall–Kier alpha value is -2.37. The van der Waals surface area contributed by atoms with Gasteiger partial charge in [0.25, 0.3) is 0 Å². The van der Waals surface area contributed by atoms with E-state index in [4.69, 9.17) is 4.74 Å². The molecule has 0 spiro atoms. The Morgan fingerprint density at radius 3 is 2.12 bits per heavy atom. The zero-order valence-corrected chi connectivity index (χ0v) is 15.3. The molecule has 136 valence electrons. The predicted octanol–water partition coefficient (Wildman–Crippen LogP) is 2.84. The highest BCUT2D eigenvalue weighted by molar-refractivity contribution is 5.88. The Morgan fingerprint density at radius 1 is 1.08 bits per heavy atom. The topological polar surface area (TPSA) is 75.7 Å². The van der Waals surface area contributed by atoms with Crippen molar-refractivity contribution in [3.05, 3.63) is 24.3 Å². The quantitative estimate of drug-likeness (QED) is 0.674. The third-order valence-electron chi connectivity index (χ3n) is 4.15. The van der Waals surface area contributed by atoms with Crippen molar-refractivity contribution < 1.29 is 19.1 Å². The number of carbonyl (C=O) groups excluding carboxylic acids is 3. The second-order valence-corrected chi connectivity index (χ2v) is 7.44. The lowest BCUT2D eigenvalue weighted by Crippen LogP contribution is -2.45. The lowest BCUT2D eigenvalue weighted by Gasteiger charge is -2.34. The molecule has 0 aromatic heterocycles. The lowest BCUT2D eigenvalue weighted by atomic mass is 9.91. The Labute approximate surface area is 148 Å². The third-order valence-corrected chi connectivity index (χ3v) is 4.15. The van der Waals surface area contributed by atoms with Crippen LogP contribution in [0.4, 0.5) is 5.69 Å². The van der Waals surface area contributed by atoms with Gasteiger partial charge in [0.2, 0.25) is 11.8 Å². The van der Waals surface area contributed by atoms with Gasteiger partial charge >= 0.3 is 5.97 Å². The molecule has 0 aliphatic carbocycles. The highest BCUT2D eigenvalue weighted by Gasteiger charge is 2.33. The zero-order chi connectivity index (χ0) is 18.6. The van der Waals surface area contributed by atoms with Gasteiger partial charge in [-0.25, -0.2) is 0 Å². The van der Waals surface area contributed by atoms with Crippen molar-refractivity contribution in [3.63, 3.8) is 0 Å². The molecule has 0 bridgehead atoms. The number of esters is 1. The highest BCUT2D eigenvalue weighted by Crippen LogP contribution is 2.25. The molecule has 25 heavy (non-hydrogen) atoms. The molecule has 6 nitrogen and oxygen atoms in total. The fraction of sp³-hybridized carbons (Fsp3) is 0.526. The molecule has 1 saturated heterocycles. The molecule has 1 heterocycles. The molecule has 0 unspecified atom stereocenters. The number of nitrogens with one attached hydrogen (secondary N) is 1. The van der Waals surface area contributed by atoms with E-state index in [9.17, 15) is 14.4 Å². The van der Waals surface area contributed by atoms with Crippen LogP contribution in [0.5, 0.6) is 5.75 Å². The SMILES string of the molecule is CC(=O)Nc1ccc(OC(=O)C2CCN(C(=O)C(C)(C)C)CC2)cc1. The van der Waals surface area contributed by atoms with Crippen LogP contribution in [0.15, 0.2) is 24.3 Å². The maximum atomic E-state index is 12.3. The molecule has 0 saturated carbocycles. The molecule has 1 fully saturated rings. The molecule has 2 amide bonds. The van der Waals surface area contributed by atoms with E-state index in [0.29, 0.717) is 37.4 Å². The van der Waals surface area contributed by atoms with E-state index in [1.807, 2.05) is 25.7 Å². The second-order valence-electron chi connectivity index (χ2n) is 7.44. The van der Waals surface area contributed by atoms with Crippen molar-refractivity contribution in [1.29, 1.82) is 0 Å². The maximum absolute atomic E-state index is 12.3. The van der Waals surface area contributed by atoms with E-state index in [-0.39, 0.29) is 23.7 Å². The van der Waals surface area contributed by atoms with Crippen molar-refractivity contribution in [2.75, 3.05) is 18.4 Å². The molecule has 1 aromatic carbocycles. The molecular weight excluding hydrogens is 320 g/mol. The van der Waals surface area contributed by atoms with Crippen LogP contribution in [0.1, 0.15) is 40.5 Å². The summed E-state index contributed by atoms with van der Waals surface area (Å²) >= 11 is 0. The van der Waals surface area contributed by atoms with Gasteiger partial charge in [0, 0.05) is 31.1 Å². The van der Waals surface area contributed by atoms with Gasteiger partial charge in [-0.05, 0) is 37.1 Å². The van der Waals surface area contributed by atoms with Crippen LogP contribution in [0.25, 0.3) is 0 Å². The molecule has 1 aromatic rings. The smallest absolute Gasteiger partial charge is 0.314 e. The Balaban J connectivity index is 1.86. The molecule has 1 N–H and O–H groups in total. The minimum Gasteiger partial charge on any atom is -0.426 e. The van der Waals surface area contributed by atoms with Gasteiger partial charge < -0.3 is 15.0 Å². The number of likely N-dealkylation sites (tertiary alicyclic amines) is 1. The maximum Gasteiger partial charge on any atom is 0.314 e. The third kappa shape index (κ3) is 5.31. The Bertz CT molecular complexity index is 638. The number of amides is 2. The first kappa shape index (κ1) is 19.0. The van der Waals surface area contributed by atoms with E-state index >= 15 is 0 Å². The van der Waals surface area contributed by atoms with E-state index < -0.39 is 5.41 Å². The molecule has 0 atom stereocenters. The highest BCUT2D eigenvalue weighted by atomic mass is 16.5. The van der Waals surface area contributed by atoms with Crippen molar-refractivity contribution in [2.24, 2.45) is 11.3 Å². The average molecular weight is 346 g/mol. The van der Waals surface area contributed by atoms with Gasteiger partial charge in [-0.2, -0.15) is 0 Å². The summed E-state index contributed by atoms with van der Waals surface area (Å²) in [6.07, 6.45) is 1.23. The molecule has 0 radical (unpaired) electrons. The number of benzene rings is 1. The first-order valence-corrected chi connectivity index (χ1v) is 8.55. The van der Waals surface area contributed by atoms with Crippen LogP contribution in [0.2, 0.25) is 0 Å². The number of ether oxygens (including phenoxy) is 1. The zero-order valence-electron chi connectivity index (χ0n) is 15.3. The van der Waals surface area contributed by atoms with Gasteiger partial charge in [0.15, 0.2) is 0 Å². The normalized spacial score (nSPS) is 15.6. The number of nitrogens with zero attached hydrogens (tertiary/aromatic N) is 1. The monoisotopic (exact) mass is 346 g/mol. The molecular formula is C19H26N2O4. The summed E-state index contributed by atoms with van der Waals surface area (Å²) in [6.45, 7) is 8.31. The van der Waals surface area contributed by atoms with Gasteiger partial charge in [0.1, 0.15) is 5.75 Å². The number of anilines is 1. The van der Waals surface area contributed by atoms with Crippen molar-refractivity contribution >= 4 is 23.5 Å². The van der Waals surface area contributed by atoms with Crippen molar-refractivity contribution in [1.82, 2.24) is 4.90 Å². The van der Waals surface area contributed by atoms with E-state index in [2.05, 4.69) is 5.32 Å². The van der Waals surface area contributed by atoms with Gasteiger partial charge in [0.05, 0.1) is 5.92 Å². The van der Waals surface area contributed by atoms with Crippen molar-refractivity contribution in [2.45, 2.75) is 40.5 Å². The predicted molar refractivity (Wildman–Crippen MR) is 95.1 cm³/mol. The minimum atomic E-state index is -0.400. The Kier molecular flexibility index (Phi) is 5.82. The fourth-order valence-corrected chi connectivity index (χ4v) is 2.80. The number of hydrogen-bond donors (Lipinski definition) is 1. The van der Waals surface area contributed by atoms with Crippen LogP contribution in [0.3, 0.4) is 0 Å². The fourth-order valence-electron chi connectivity index (χ4n) is 2.80. The van der Waals surface area contributed by atoms with Gasteiger partial charge in [-0.3, -0.25) is 14.4 Å². The number of carbonyl (C=O) groups is 3. The summed E-state index contributed by atoms with van der Waals surface area (Å²) in [5.74, 6) is -0.0457. The summed E-state index contributed by atoms with van der Waals surface area (Å²) in [5.41, 5.74) is 0.254. The summed E-state index contributed by atoms with van der Waals surface area (Å²) in [5, 5.41) is 2.66. The summed E-state index contributed by atoms with van der Waals surface area (Å²) in [7, 11) is 0. The van der Waals surface area contributed by atoms with Crippen LogP contribution < -0.4 is 10.1 Å². The standard InChI is InChI=1S/C19H26N2O4/c1-13(22)20-15-5-7-16(8-6-15)25-17(23)14-9-11-21(12-10-14)18(24)19(2,3)4/h5-8,14H,9-12H2,1-4H3,(H,20,22). The average Bonchev–Trinajstić information content (AvgIpc) is 2.55. The largest absolute Gasteiger partial charge is 0.426 e. The summed E-state index contributed by atoms with van der Waals surface area (Å²) < 4.78 is 5.42. The summed E-state index contributed by atoms with van der Waals surface area (Å²) in [4.78, 5) is 37.4. The lowest BCUT2D eigenvalue weighted by molar-refractivity contribution is -0.146.